The van der Waals surface area contributed by atoms with Crippen LogP contribution in [0, 0.1) is 5.82 Å². The lowest BCUT2D eigenvalue weighted by Crippen LogP contribution is -2.36. The van der Waals surface area contributed by atoms with Crippen molar-refractivity contribution in [1.82, 2.24) is 14.8 Å². The summed E-state index contributed by atoms with van der Waals surface area (Å²) in [7, 11) is 0. The number of nitrogens with zero attached hydrogens (tertiary/aromatic N) is 4. The Morgan fingerprint density at radius 2 is 1.97 bits per heavy atom. The van der Waals surface area contributed by atoms with E-state index in [-0.39, 0.29) is 17.5 Å². The number of allylic oxidation sites excluding steroid dienone is 1. The standard InChI is InChI=1S/C22H21FN4OS/c1-2-13-27-21(17-10-4-5-11-18(17)23)24-25-22(27)29-15-20(28)26-14-7-9-16-8-3-6-12-19(16)26/h2-6,8,10-12H,1,7,9,13-15H2. The van der Waals surface area contributed by atoms with E-state index in [4.69, 9.17) is 0 Å². The number of anilines is 1. The fraction of sp³-hybridized carbons (Fsp3) is 0.227. The Hall–Kier alpha value is -2.93. The molecule has 2 aromatic carbocycles. The maximum absolute atomic E-state index is 14.2. The zero-order valence-electron chi connectivity index (χ0n) is 15.9. The predicted molar refractivity (Wildman–Crippen MR) is 113 cm³/mol. The van der Waals surface area contributed by atoms with Crippen molar-refractivity contribution in [3.8, 4) is 11.4 Å². The number of para-hydroxylation sites is 1. The van der Waals surface area contributed by atoms with Gasteiger partial charge in [0.1, 0.15) is 5.82 Å². The third-order valence-electron chi connectivity index (χ3n) is 4.88. The Morgan fingerprint density at radius 1 is 1.17 bits per heavy atom. The van der Waals surface area contributed by atoms with Crippen LogP contribution in [0.4, 0.5) is 10.1 Å². The van der Waals surface area contributed by atoms with Gasteiger partial charge in [-0.2, -0.15) is 0 Å². The van der Waals surface area contributed by atoms with Crippen molar-refractivity contribution in [1.29, 1.82) is 0 Å². The molecule has 4 rings (SSSR count). The minimum Gasteiger partial charge on any atom is -0.311 e. The van der Waals surface area contributed by atoms with Crippen LogP contribution in [0.1, 0.15) is 12.0 Å². The monoisotopic (exact) mass is 408 g/mol. The quantitative estimate of drug-likeness (QED) is 0.450. The van der Waals surface area contributed by atoms with Crippen LogP contribution in [0.25, 0.3) is 11.4 Å². The summed E-state index contributed by atoms with van der Waals surface area (Å²) in [5.74, 6) is 0.340. The van der Waals surface area contributed by atoms with Crippen LogP contribution in [-0.2, 0) is 17.8 Å². The molecule has 5 nitrogen and oxygen atoms in total. The fourth-order valence-corrected chi connectivity index (χ4v) is 4.35. The van der Waals surface area contributed by atoms with Gasteiger partial charge in [0.05, 0.1) is 11.3 Å². The van der Waals surface area contributed by atoms with Crippen LogP contribution < -0.4 is 4.90 Å². The summed E-state index contributed by atoms with van der Waals surface area (Å²) in [5.41, 5.74) is 2.57. The Kier molecular flexibility index (Phi) is 5.76. The molecule has 1 aliphatic rings. The number of aryl methyl sites for hydroxylation is 1. The van der Waals surface area contributed by atoms with Gasteiger partial charge in [-0.05, 0) is 36.6 Å². The number of rotatable bonds is 6. The molecule has 0 bridgehead atoms. The second kappa shape index (κ2) is 8.61. The van der Waals surface area contributed by atoms with Gasteiger partial charge in [0.25, 0.3) is 0 Å². The summed E-state index contributed by atoms with van der Waals surface area (Å²) >= 11 is 1.31. The van der Waals surface area contributed by atoms with E-state index in [1.165, 1.54) is 23.4 Å². The molecule has 0 fully saturated rings. The van der Waals surface area contributed by atoms with E-state index >= 15 is 0 Å². The number of hydrogen-bond donors (Lipinski definition) is 0. The average Bonchev–Trinajstić information content (AvgIpc) is 3.14. The van der Waals surface area contributed by atoms with Crippen molar-refractivity contribution in [2.24, 2.45) is 0 Å². The zero-order valence-corrected chi connectivity index (χ0v) is 16.7. The largest absolute Gasteiger partial charge is 0.311 e. The average molecular weight is 409 g/mol. The van der Waals surface area contributed by atoms with Gasteiger partial charge in [-0.15, -0.1) is 16.8 Å². The number of carbonyl (C=O) groups is 1. The molecule has 0 saturated carbocycles. The summed E-state index contributed by atoms with van der Waals surface area (Å²) < 4.78 is 16.0. The van der Waals surface area contributed by atoms with Crippen molar-refractivity contribution in [2.45, 2.75) is 24.5 Å². The number of halogens is 1. The molecule has 0 saturated heterocycles. The Labute approximate surface area is 173 Å². The summed E-state index contributed by atoms with van der Waals surface area (Å²) in [6.07, 6.45) is 3.66. The molecule has 29 heavy (non-hydrogen) atoms. The van der Waals surface area contributed by atoms with Gasteiger partial charge in [-0.1, -0.05) is 48.2 Å². The number of thioether (sulfide) groups is 1. The van der Waals surface area contributed by atoms with E-state index in [1.54, 1.807) is 28.8 Å². The highest BCUT2D eigenvalue weighted by molar-refractivity contribution is 7.99. The molecule has 148 valence electrons. The molecule has 7 heteroatoms. The predicted octanol–water partition coefficient (Wildman–Crippen LogP) is 4.34. The number of fused-ring (bicyclic) bond motifs is 1. The van der Waals surface area contributed by atoms with Crippen LogP contribution in [0.2, 0.25) is 0 Å². The molecular formula is C22H21FN4OS. The molecule has 0 N–H and O–H groups in total. The maximum Gasteiger partial charge on any atom is 0.237 e. The summed E-state index contributed by atoms with van der Waals surface area (Å²) in [5, 5.41) is 8.95. The third kappa shape index (κ3) is 3.96. The van der Waals surface area contributed by atoms with Crippen LogP contribution in [0.15, 0.2) is 66.3 Å². The van der Waals surface area contributed by atoms with E-state index in [0.29, 0.717) is 23.1 Å². The molecule has 3 aromatic rings. The number of amides is 1. The van der Waals surface area contributed by atoms with E-state index in [0.717, 1.165) is 25.1 Å². The first kappa shape index (κ1) is 19.4. The van der Waals surface area contributed by atoms with Crippen LogP contribution >= 0.6 is 11.8 Å². The summed E-state index contributed by atoms with van der Waals surface area (Å²) in [4.78, 5) is 14.7. The topological polar surface area (TPSA) is 51.0 Å². The lowest BCUT2D eigenvalue weighted by atomic mass is 10.0. The SMILES string of the molecule is C=CCn1c(SCC(=O)N2CCCc3ccccc32)nnc1-c1ccccc1F. The van der Waals surface area contributed by atoms with Gasteiger partial charge in [-0.25, -0.2) is 4.39 Å². The minimum absolute atomic E-state index is 0.0303. The van der Waals surface area contributed by atoms with Crippen molar-refractivity contribution in [3.63, 3.8) is 0 Å². The molecule has 0 spiro atoms. The first-order valence-electron chi connectivity index (χ1n) is 9.49. The highest BCUT2D eigenvalue weighted by Gasteiger charge is 2.23. The van der Waals surface area contributed by atoms with Gasteiger partial charge in [0, 0.05) is 18.8 Å². The Bertz CT molecular complexity index is 1050. The normalized spacial score (nSPS) is 13.2. The van der Waals surface area contributed by atoms with Crippen LogP contribution in [0.5, 0.6) is 0 Å². The number of benzene rings is 2. The van der Waals surface area contributed by atoms with Crippen molar-refractivity contribution < 1.29 is 9.18 Å². The molecule has 0 atom stereocenters. The van der Waals surface area contributed by atoms with Gasteiger partial charge in [0.15, 0.2) is 11.0 Å². The first-order valence-corrected chi connectivity index (χ1v) is 10.5. The summed E-state index contributed by atoms with van der Waals surface area (Å²) in [6, 6.07) is 14.5. The van der Waals surface area contributed by atoms with E-state index in [9.17, 15) is 9.18 Å². The lowest BCUT2D eigenvalue weighted by molar-refractivity contribution is -0.116. The molecule has 2 heterocycles. The van der Waals surface area contributed by atoms with Gasteiger partial charge in [-0.3, -0.25) is 9.36 Å². The fourth-order valence-electron chi connectivity index (χ4n) is 3.53. The Morgan fingerprint density at radius 3 is 2.79 bits per heavy atom. The number of carbonyl (C=O) groups excluding carboxylic acids is 1. The summed E-state index contributed by atoms with van der Waals surface area (Å²) in [6.45, 7) is 4.92. The maximum atomic E-state index is 14.2. The second-order valence-electron chi connectivity index (χ2n) is 6.75. The van der Waals surface area contributed by atoms with Crippen molar-refractivity contribution in [3.05, 3.63) is 72.6 Å². The highest BCUT2D eigenvalue weighted by Crippen LogP contribution is 2.29. The van der Waals surface area contributed by atoms with Crippen molar-refractivity contribution >= 4 is 23.4 Å². The molecule has 0 radical (unpaired) electrons. The first-order chi connectivity index (χ1) is 14.2. The highest BCUT2D eigenvalue weighted by atomic mass is 32.2. The van der Waals surface area contributed by atoms with Crippen LogP contribution in [-0.4, -0.2) is 33.0 Å². The minimum atomic E-state index is -0.359. The van der Waals surface area contributed by atoms with E-state index in [1.807, 2.05) is 23.1 Å². The molecule has 0 unspecified atom stereocenters. The smallest absolute Gasteiger partial charge is 0.237 e. The molecule has 1 amide bonds. The Balaban J connectivity index is 1.54. The van der Waals surface area contributed by atoms with Crippen molar-refractivity contribution in [2.75, 3.05) is 17.2 Å². The van der Waals surface area contributed by atoms with Gasteiger partial charge >= 0.3 is 0 Å². The molecule has 1 aromatic heterocycles. The number of hydrogen-bond acceptors (Lipinski definition) is 4. The van der Waals surface area contributed by atoms with Crippen LogP contribution in [0.3, 0.4) is 0 Å². The van der Waals surface area contributed by atoms with E-state index < -0.39 is 0 Å². The molecule has 0 aliphatic carbocycles. The van der Waals surface area contributed by atoms with Gasteiger partial charge < -0.3 is 4.90 Å². The van der Waals surface area contributed by atoms with Gasteiger partial charge in [0.2, 0.25) is 5.91 Å². The number of aromatic nitrogens is 3. The third-order valence-corrected chi connectivity index (χ3v) is 5.83. The molecule has 1 aliphatic heterocycles. The lowest BCUT2D eigenvalue weighted by Gasteiger charge is -2.29. The van der Waals surface area contributed by atoms with E-state index in [2.05, 4.69) is 22.8 Å². The molecular weight excluding hydrogens is 387 g/mol. The second-order valence-corrected chi connectivity index (χ2v) is 7.69. The zero-order chi connectivity index (χ0) is 20.2.